The van der Waals surface area contributed by atoms with Crippen LogP contribution in [0.15, 0.2) is 0 Å². The van der Waals surface area contributed by atoms with Crippen LogP contribution in [0, 0.1) is 23.9 Å². The number of rotatable bonds is 6. The van der Waals surface area contributed by atoms with Crippen molar-refractivity contribution in [3.63, 3.8) is 0 Å². The lowest BCUT2D eigenvalue weighted by molar-refractivity contribution is -0.294. The number of carbonyl (C=O) groups is 4. The predicted molar refractivity (Wildman–Crippen MR) is 102 cm³/mol. The van der Waals surface area contributed by atoms with Crippen LogP contribution in [0.3, 0.4) is 0 Å². The van der Waals surface area contributed by atoms with Crippen LogP contribution in [0.4, 0.5) is 0 Å². The number of esters is 4. The summed E-state index contributed by atoms with van der Waals surface area (Å²) in [6, 6.07) is 0. The second-order valence-electron chi connectivity index (χ2n) is 5.85. The Morgan fingerprint density at radius 2 is 1.40 bits per heavy atom. The highest BCUT2D eigenvalue weighted by Gasteiger charge is 2.53. The normalized spacial score (nSPS) is 24.6. The molecule has 10 nitrogen and oxygen atoms in total. The Bertz CT molecular complexity index is 772. The molecule has 1 aliphatic rings. The minimum atomic E-state index is -1.36. The summed E-state index contributed by atoms with van der Waals surface area (Å²) in [5.74, 6) is 4.72. The van der Waals surface area contributed by atoms with Gasteiger partial charge < -0.3 is 28.4 Å². The van der Waals surface area contributed by atoms with Gasteiger partial charge in [-0.3, -0.25) is 19.2 Å². The zero-order valence-corrected chi connectivity index (χ0v) is 18.3. The number of hydrogen-bond donors (Lipinski definition) is 0. The first-order valence-electron chi connectivity index (χ1n) is 8.65. The van der Waals surface area contributed by atoms with E-state index in [-0.39, 0.29) is 6.61 Å². The van der Waals surface area contributed by atoms with E-state index in [9.17, 15) is 19.2 Å². The van der Waals surface area contributed by atoms with Crippen molar-refractivity contribution < 1.29 is 47.6 Å². The first-order valence-corrected chi connectivity index (χ1v) is 9.77. The highest BCUT2D eigenvalue weighted by Crippen LogP contribution is 2.29. The van der Waals surface area contributed by atoms with Gasteiger partial charge in [-0.1, -0.05) is 21.9 Å². The van der Waals surface area contributed by atoms with E-state index in [2.05, 4.69) is 39.8 Å². The summed E-state index contributed by atoms with van der Waals surface area (Å²) in [6.45, 7) is 4.20. The van der Waals surface area contributed by atoms with E-state index in [0.717, 1.165) is 20.8 Å². The van der Waals surface area contributed by atoms with Crippen LogP contribution < -0.4 is 0 Å². The molecule has 164 valence electrons. The topological polar surface area (TPSA) is 124 Å². The molecule has 1 heterocycles. The third-order valence-corrected chi connectivity index (χ3v) is 3.67. The number of halogens is 1. The lowest BCUT2D eigenvalue weighted by Crippen LogP contribution is -2.62. The van der Waals surface area contributed by atoms with Gasteiger partial charge in [0, 0.05) is 33.6 Å². The molecule has 11 heteroatoms. The second-order valence-corrected chi connectivity index (χ2v) is 6.41. The van der Waals surface area contributed by atoms with Crippen molar-refractivity contribution in [2.24, 2.45) is 0 Å². The van der Waals surface area contributed by atoms with Crippen LogP contribution in [-0.4, -0.2) is 66.5 Å². The molecular formula is C19H21BrO10. The van der Waals surface area contributed by atoms with Crippen LogP contribution in [0.5, 0.6) is 0 Å². The number of carbonyl (C=O) groups excluding carboxylic acids is 4. The average molecular weight is 489 g/mol. The van der Waals surface area contributed by atoms with Crippen molar-refractivity contribution in [1.82, 2.24) is 0 Å². The van der Waals surface area contributed by atoms with Crippen molar-refractivity contribution >= 4 is 39.8 Å². The summed E-state index contributed by atoms with van der Waals surface area (Å²) in [4.78, 5) is 46.1. The molecular weight excluding hydrogens is 468 g/mol. The fourth-order valence-electron chi connectivity index (χ4n) is 2.47. The molecule has 1 fully saturated rings. The van der Waals surface area contributed by atoms with Gasteiger partial charge in [-0.15, -0.1) is 0 Å². The molecule has 1 rings (SSSR count). The summed E-state index contributed by atoms with van der Waals surface area (Å²) < 4.78 is 31.6. The summed E-state index contributed by atoms with van der Waals surface area (Å²) in [5.41, 5.74) is 0. The first-order chi connectivity index (χ1) is 14.1. The van der Waals surface area contributed by atoms with Crippen LogP contribution in [0.25, 0.3) is 0 Å². The number of ether oxygens (including phenoxy) is 6. The molecule has 0 amide bonds. The summed E-state index contributed by atoms with van der Waals surface area (Å²) in [5, 5.41) is 0.404. The molecule has 0 aliphatic carbocycles. The van der Waals surface area contributed by atoms with Crippen molar-refractivity contribution in [2.75, 3.05) is 11.9 Å². The monoisotopic (exact) mass is 488 g/mol. The maximum absolute atomic E-state index is 11.7. The molecule has 1 saturated heterocycles. The third-order valence-electron chi connectivity index (χ3n) is 3.39. The maximum atomic E-state index is 11.7. The average Bonchev–Trinajstić information content (AvgIpc) is 2.63. The van der Waals surface area contributed by atoms with Gasteiger partial charge in [0.25, 0.3) is 6.29 Å². The van der Waals surface area contributed by atoms with Crippen LogP contribution in [0.1, 0.15) is 27.7 Å². The number of alkyl halides is 1. The van der Waals surface area contributed by atoms with Crippen molar-refractivity contribution in [3.05, 3.63) is 0 Å². The molecule has 0 aromatic heterocycles. The Hall–Kier alpha value is -2.76. The SMILES string of the molecule is CC(=O)OC[C@H]1O[C@@H](OC#CC#CCBr)[C@H](OC(C)=O)[C@@H](OC(C)=O)[C@@H]1OC(C)=O. The van der Waals surface area contributed by atoms with E-state index in [0.29, 0.717) is 5.33 Å². The largest absolute Gasteiger partial charge is 0.463 e. The fourth-order valence-corrected chi connectivity index (χ4v) is 2.61. The highest BCUT2D eigenvalue weighted by atomic mass is 79.9. The Kier molecular flexibility index (Phi) is 10.7. The van der Waals surface area contributed by atoms with Crippen molar-refractivity contribution in [1.29, 1.82) is 0 Å². The first kappa shape index (κ1) is 25.3. The van der Waals surface area contributed by atoms with Crippen LogP contribution in [-0.2, 0) is 47.6 Å². The van der Waals surface area contributed by atoms with E-state index < -0.39 is 54.6 Å². The minimum Gasteiger partial charge on any atom is -0.463 e. The van der Waals surface area contributed by atoms with Gasteiger partial charge >= 0.3 is 23.9 Å². The molecule has 0 N–H and O–H groups in total. The minimum absolute atomic E-state index is 0.353. The maximum Gasteiger partial charge on any atom is 0.303 e. The molecule has 0 spiro atoms. The Labute approximate surface area is 181 Å². The Morgan fingerprint density at radius 1 is 0.833 bits per heavy atom. The van der Waals surface area contributed by atoms with Gasteiger partial charge in [0.1, 0.15) is 18.8 Å². The van der Waals surface area contributed by atoms with E-state index in [1.165, 1.54) is 6.92 Å². The predicted octanol–water partition coefficient (Wildman–Crippen LogP) is 0.445. The molecule has 0 saturated carbocycles. The standard InChI is InChI=1S/C19H21BrO10/c1-11(21)26-10-15-16(27-12(2)22)17(28-13(3)23)18(29-14(4)24)19(30-15)25-9-7-5-6-8-20/h15-19H,8,10H2,1-4H3/t15-,16-,17+,18-,19-/m1/s1. The summed E-state index contributed by atoms with van der Waals surface area (Å²) in [6.07, 6.45) is -4.07. The lowest BCUT2D eigenvalue weighted by atomic mass is 9.98. The Balaban J connectivity index is 3.29. The van der Waals surface area contributed by atoms with Crippen molar-refractivity contribution in [2.45, 2.75) is 58.4 Å². The third kappa shape index (κ3) is 8.72. The highest BCUT2D eigenvalue weighted by molar-refractivity contribution is 9.09. The summed E-state index contributed by atoms with van der Waals surface area (Å²) in [7, 11) is 0. The van der Waals surface area contributed by atoms with Crippen molar-refractivity contribution in [3.8, 4) is 23.9 Å². The lowest BCUT2D eigenvalue weighted by Gasteiger charge is -2.43. The van der Waals surface area contributed by atoms with Gasteiger partial charge in [0.2, 0.25) is 6.10 Å². The van der Waals surface area contributed by atoms with E-state index in [1.54, 1.807) is 0 Å². The van der Waals surface area contributed by atoms with Gasteiger partial charge in [-0.05, 0) is 5.92 Å². The second kappa shape index (κ2) is 12.7. The molecule has 0 aromatic carbocycles. The van der Waals surface area contributed by atoms with Crippen LogP contribution in [0.2, 0.25) is 0 Å². The van der Waals surface area contributed by atoms with Gasteiger partial charge in [0.05, 0.1) is 5.33 Å². The molecule has 30 heavy (non-hydrogen) atoms. The van der Waals surface area contributed by atoms with Gasteiger partial charge in [-0.25, -0.2) is 0 Å². The zero-order chi connectivity index (χ0) is 22.7. The zero-order valence-electron chi connectivity index (χ0n) is 16.8. The quantitative estimate of drug-likeness (QED) is 0.225. The van der Waals surface area contributed by atoms with Crippen LogP contribution >= 0.6 is 15.9 Å². The van der Waals surface area contributed by atoms with Gasteiger partial charge in [-0.2, -0.15) is 0 Å². The molecule has 0 radical (unpaired) electrons. The summed E-state index contributed by atoms with van der Waals surface area (Å²) >= 11 is 3.11. The smallest absolute Gasteiger partial charge is 0.303 e. The Morgan fingerprint density at radius 3 is 1.93 bits per heavy atom. The molecule has 5 atom stereocenters. The molecule has 0 aromatic rings. The van der Waals surface area contributed by atoms with E-state index >= 15 is 0 Å². The fraction of sp³-hybridized carbons (Fsp3) is 0.579. The number of hydrogen-bond acceptors (Lipinski definition) is 10. The molecule has 0 bridgehead atoms. The molecule has 1 aliphatic heterocycles. The van der Waals surface area contributed by atoms with E-state index in [1.807, 2.05) is 0 Å². The van der Waals surface area contributed by atoms with Gasteiger partial charge in [0.15, 0.2) is 12.2 Å². The van der Waals surface area contributed by atoms with E-state index in [4.69, 9.17) is 28.4 Å². The molecule has 0 unspecified atom stereocenters.